The SMILES string of the molecule is CCN(Cc1ccc(Cl)s1)C(=O)C(C)(N)c1ccccc1.Cl. The summed E-state index contributed by atoms with van der Waals surface area (Å²) in [7, 11) is 0. The number of carbonyl (C=O) groups is 1. The number of benzene rings is 1. The molecule has 0 bridgehead atoms. The molecule has 2 aromatic rings. The molecule has 0 aliphatic heterocycles. The summed E-state index contributed by atoms with van der Waals surface area (Å²) in [6.45, 7) is 4.85. The van der Waals surface area contributed by atoms with Crippen LogP contribution >= 0.6 is 35.3 Å². The van der Waals surface area contributed by atoms with E-state index in [9.17, 15) is 4.79 Å². The lowest BCUT2D eigenvalue weighted by Crippen LogP contribution is -2.50. The molecule has 6 heteroatoms. The Bertz CT molecular complexity index is 614. The second kappa shape index (κ2) is 7.97. The zero-order valence-corrected chi connectivity index (χ0v) is 15.0. The average Bonchev–Trinajstić information content (AvgIpc) is 2.90. The first kappa shape index (κ1) is 19.0. The van der Waals surface area contributed by atoms with Crippen molar-refractivity contribution in [3.8, 4) is 0 Å². The maximum Gasteiger partial charge on any atom is 0.247 e. The Morgan fingerprint density at radius 1 is 1.27 bits per heavy atom. The molecule has 1 heterocycles. The lowest BCUT2D eigenvalue weighted by atomic mass is 9.91. The van der Waals surface area contributed by atoms with Gasteiger partial charge in [0.25, 0.3) is 0 Å². The summed E-state index contributed by atoms with van der Waals surface area (Å²) in [4.78, 5) is 15.6. The van der Waals surface area contributed by atoms with Gasteiger partial charge in [0.1, 0.15) is 5.54 Å². The molecule has 1 unspecified atom stereocenters. The van der Waals surface area contributed by atoms with Gasteiger partial charge in [-0.05, 0) is 31.5 Å². The second-order valence-corrected chi connectivity index (χ2v) is 6.89. The summed E-state index contributed by atoms with van der Waals surface area (Å²) in [5.41, 5.74) is 6.09. The Balaban J connectivity index is 0.00000242. The molecule has 0 saturated carbocycles. The fraction of sp³-hybridized carbons (Fsp3) is 0.312. The highest BCUT2D eigenvalue weighted by Gasteiger charge is 2.33. The van der Waals surface area contributed by atoms with Crippen molar-refractivity contribution in [1.82, 2.24) is 4.90 Å². The smallest absolute Gasteiger partial charge is 0.247 e. The molecule has 1 aromatic carbocycles. The number of carbonyl (C=O) groups excluding carboxylic acids is 1. The summed E-state index contributed by atoms with van der Waals surface area (Å²) < 4.78 is 0.729. The first-order valence-corrected chi connectivity index (χ1v) is 8.02. The van der Waals surface area contributed by atoms with Crippen LogP contribution in [0.15, 0.2) is 42.5 Å². The molecule has 0 aliphatic carbocycles. The zero-order valence-electron chi connectivity index (χ0n) is 12.6. The van der Waals surface area contributed by atoms with Gasteiger partial charge in [0.05, 0.1) is 10.9 Å². The van der Waals surface area contributed by atoms with Gasteiger partial charge in [-0.25, -0.2) is 0 Å². The molecule has 0 saturated heterocycles. The number of rotatable bonds is 5. The molecule has 22 heavy (non-hydrogen) atoms. The van der Waals surface area contributed by atoms with Gasteiger partial charge in [0.15, 0.2) is 0 Å². The van der Waals surface area contributed by atoms with Crippen molar-refractivity contribution in [2.75, 3.05) is 6.54 Å². The molecular weight excluding hydrogens is 339 g/mol. The summed E-state index contributed by atoms with van der Waals surface area (Å²) >= 11 is 7.43. The van der Waals surface area contributed by atoms with Gasteiger partial charge < -0.3 is 10.6 Å². The average molecular weight is 359 g/mol. The van der Waals surface area contributed by atoms with Gasteiger partial charge in [-0.2, -0.15) is 0 Å². The number of thiophene rings is 1. The molecule has 0 aliphatic rings. The van der Waals surface area contributed by atoms with Crippen LogP contribution in [0.1, 0.15) is 24.3 Å². The van der Waals surface area contributed by atoms with E-state index < -0.39 is 5.54 Å². The van der Waals surface area contributed by atoms with Crippen molar-refractivity contribution in [2.45, 2.75) is 25.9 Å². The number of nitrogens with zero attached hydrogens (tertiary/aromatic N) is 1. The molecule has 1 atom stereocenters. The van der Waals surface area contributed by atoms with E-state index in [1.807, 2.05) is 49.4 Å². The van der Waals surface area contributed by atoms with E-state index in [1.165, 1.54) is 11.3 Å². The van der Waals surface area contributed by atoms with Gasteiger partial charge in [-0.15, -0.1) is 23.7 Å². The van der Waals surface area contributed by atoms with Crippen LogP contribution in [0.4, 0.5) is 0 Å². The van der Waals surface area contributed by atoms with Crippen molar-refractivity contribution in [2.24, 2.45) is 5.73 Å². The fourth-order valence-electron chi connectivity index (χ4n) is 2.19. The Morgan fingerprint density at radius 2 is 1.91 bits per heavy atom. The molecular formula is C16H20Cl2N2OS. The topological polar surface area (TPSA) is 46.3 Å². The molecule has 0 fully saturated rings. The van der Waals surface area contributed by atoms with E-state index >= 15 is 0 Å². The number of nitrogens with two attached hydrogens (primary N) is 1. The maximum atomic E-state index is 12.8. The van der Waals surface area contributed by atoms with Crippen LogP contribution in [-0.4, -0.2) is 17.4 Å². The van der Waals surface area contributed by atoms with Crippen LogP contribution in [0.25, 0.3) is 0 Å². The van der Waals surface area contributed by atoms with E-state index in [1.54, 1.807) is 11.8 Å². The molecule has 1 amide bonds. The third-order valence-corrected chi connectivity index (χ3v) is 4.68. The minimum atomic E-state index is -1.03. The normalized spacial score (nSPS) is 13.1. The predicted molar refractivity (Wildman–Crippen MR) is 95.6 cm³/mol. The predicted octanol–water partition coefficient (Wildman–Crippen LogP) is 4.05. The quantitative estimate of drug-likeness (QED) is 0.876. The first-order chi connectivity index (χ1) is 9.95. The molecule has 0 spiro atoms. The fourth-order valence-corrected chi connectivity index (χ4v) is 3.29. The maximum absolute atomic E-state index is 12.8. The van der Waals surface area contributed by atoms with Gasteiger partial charge in [0.2, 0.25) is 5.91 Å². The van der Waals surface area contributed by atoms with E-state index in [-0.39, 0.29) is 18.3 Å². The van der Waals surface area contributed by atoms with Crippen LogP contribution in [0, 0.1) is 0 Å². The number of hydrogen-bond acceptors (Lipinski definition) is 3. The standard InChI is InChI=1S/C16H19ClN2OS.ClH/c1-3-19(11-13-9-10-14(17)21-13)15(20)16(2,18)12-7-5-4-6-8-12;/h4-10H,3,11,18H2,1-2H3;1H. The number of amides is 1. The second-order valence-electron chi connectivity index (χ2n) is 5.09. The van der Waals surface area contributed by atoms with Gasteiger partial charge in [0, 0.05) is 11.4 Å². The summed E-state index contributed by atoms with van der Waals surface area (Å²) in [5, 5.41) is 0. The Kier molecular flexibility index (Phi) is 6.88. The van der Waals surface area contributed by atoms with Gasteiger partial charge in [-0.1, -0.05) is 41.9 Å². The number of halogens is 2. The number of hydrogen-bond donors (Lipinski definition) is 1. The minimum Gasteiger partial charge on any atom is -0.336 e. The van der Waals surface area contributed by atoms with Crippen molar-refractivity contribution in [1.29, 1.82) is 0 Å². The molecule has 1 aromatic heterocycles. The zero-order chi connectivity index (χ0) is 15.5. The van der Waals surface area contributed by atoms with Gasteiger partial charge >= 0.3 is 0 Å². The lowest BCUT2D eigenvalue weighted by Gasteiger charge is -2.31. The highest BCUT2D eigenvalue weighted by molar-refractivity contribution is 7.16. The van der Waals surface area contributed by atoms with Crippen molar-refractivity contribution < 1.29 is 4.79 Å². The third-order valence-electron chi connectivity index (χ3n) is 3.46. The highest BCUT2D eigenvalue weighted by atomic mass is 35.5. The lowest BCUT2D eigenvalue weighted by molar-refractivity contribution is -0.137. The van der Waals surface area contributed by atoms with Crippen LogP contribution in [0.2, 0.25) is 4.34 Å². The van der Waals surface area contributed by atoms with E-state index in [2.05, 4.69) is 0 Å². The molecule has 2 N–H and O–H groups in total. The monoisotopic (exact) mass is 358 g/mol. The van der Waals surface area contributed by atoms with Crippen LogP contribution in [0.3, 0.4) is 0 Å². The molecule has 120 valence electrons. The third kappa shape index (κ3) is 4.23. The Morgan fingerprint density at radius 3 is 2.41 bits per heavy atom. The Labute approximate surface area is 146 Å². The number of likely N-dealkylation sites (N-methyl/N-ethyl adjacent to an activating group) is 1. The molecule has 2 rings (SSSR count). The van der Waals surface area contributed by atoms with Crippen molar-refractivity contribution in [3.63, 3.8) is 0 Å². The molecule has 3 nitrogen and oxygen atoms in total. The first-order valence-electron chi connectivity index (χ1n) is 6.83. The van der Waals surface area contributed by atoms with Crippen molar-refractivity contribution >= 4 is 41.3 Å². The van der Waals surface area contributed by atoms with Crippen LogP contribution in [0.5, 0.6) is 0 Å². The summed E-state index contributed by atoms with van der Waals surface area (Å²) in [6.07, 6.45) is 0. The van der Waals surface area contributed by atoms with E-state index in [0.717, 1.165) is 14.8 Å². The van der Waals surface area contributed by atoms with E-state index in [4.69, 9.17) is 17.3 Å². The van der Waals surface area contributed by atoms with Gasteiger partial charge in [-0.3, -0.25) is 4.79 Å². The van der Waals surface area contributed by atoms with E-state index in [0.29, 0.717) is 13.1 Å². The summed E-state index contributed by atoms with van der Waals surface area (Å²) in [5.74, 6) is -0.0827. The minimum absolute atomic E-state index is 0. The summed E-state index contributed by atoms with van der Waals surface area (Å²) in [6, 6.07) is 13.3. The molecule has 0 radical (unpaired) electrons. The van der Waals surface area contributed by atoms with Crippen LogP contribution in [-0.2, 0) is 16.9 Å². The van der Waals surface area contributed by atoms with Crippen LogP contribution < -0.4 is 5.73 Å². The van der Waals surface area contributed by atoms with Crippen molar-refractivity contribution in [3.05, 3.63) is 57.2 Å². The largest absolute Gasteiger partial charge is 0.336 e. The Hall–Kier alpha value is -1.07. The highest BCUT2D eigenvalue weighted by Crippen LogP contribution is 2.25.